The van der Waals surface area contributed by atoms with Gasteiger partial charge in [0.2, 0.25) is 0 Å². The van der Waals surface area contributed by atoms with Crippen molar-refractivity contribution in [2.45, 2.75) is 32.1 Å². The second-order valence-corrected chi connectivity index (χ2v) is 6.25. The summed E-state index contributed by atoms with van der Waals surface area (Å²) in [7, 11) is 0. The predicted octanol–water partition coefficient (Wildman–Crippen LogP) is 4.51. The predicted molar refractivity (Wildman–Crippen MR) is 86.9 cm³/mol. The lowest BCUT2D eigenvalue weighted by molar-refractivity contribution is 0.186. The van der Waals surface area contributed by atoms with Crippen LogP contribution in [0.2, 0.25) is 5.02 Å². The number of hydrogen-bond donors (Lipinski definition) is 1. The molecule has 0 unspecified atom stereocenters. The Kier molecular flexibility index (Phi) is 6.46. The Morgan fingerprint density at radius 2 is 1.84 bits per heavy atom. The molecule has 3 aliphatic rings. The van der Waals surface area contributed by atoms with Gasteiger partial charge in [0.1, 0.15) is 0 Å². The van der Waals surface area contributed by atoms with Crippen LogP contribution in [0.5, 0.6) is 0 Å². The zero-order valence-corrected chi connectivity index (χ0v) is 13.4. The molecule has 1 saturated carbocycles. The van der Waals surface area contributed by atoms with E-state index >= 15 is 0 Å². The molecule has 0 amide bonds. The van der Waals surface area contributed by atoms with Gasteiger partial charge in [-0.3, -0.25) is 0 Å². The van der Waals surface area contributed by atoms with E-state index in [1.165, 1.54) is 44.3 Å². The van der Waals surface area contributed by atoms with Gasteiger partial charge in [-0.25, -0.2) is 0 Å². The Bertz CT molecular complexity index is 395. The molecule has 0 radical (unpaired) electrons. The van der Waals surface area contributed by atoms with Crippen molar-refractivity contribution in [2.75, 3.05) is 13.1 Å². The van der Waals surface area contributed by atoms with Crippen molar-refractivity contribution < 1.29 is 0 Å². The molecular formula is C15H22Cl3N. The van der Waals surface area contributed by atoms with Crippen molar-refractivity contribution in [3.8, 4) is 0 Å². The highest BCUT2D eigenvalue weighted by atomic mass is 35.5. The van der Waals surface area contributed by atoms with Gasteiger partial charge in [0, 0.05) is 11.6 Å². The summed E-state index contributed by atoms with van der Waals surface area (Å²) in [5.41, 5.74) is 1.80. The SMILES string of the molecule is Cl.Cl.Clc1ccccc1CC12CCC(CC1)CNC2. The molecule has 0 atom stereocenters. The van der Waals surface area contributed by atoms with Crippen molar-refractivity contribution >= 4 is 36.4 Å². The summed E-state index contributed by atoms with van der Waals surface area (Å²) in [4.78, 5) is 0. The van der Waals surface area contributed by atoms with E-state index in [0.717, 1.165) is 17.4 Å². The molecule has 1 aliphatic carbocycles. The van der Waals surface area contributed by atoms with Gasteiger partial charge in [-0.15, -0.1) is 24.8 Å². The van der Waals surface area contributed by atoms with Crippen LogP contribution in [0.4, 0.5) is 0 Å². The molecule has 0 spiro atoms. The quantitative estimate of drug-likeness (QED) is 0.845. The fraction of sp³-hybridized carbons (Fsp3) is 0.600. The molecule has 3 fully saturated rings. The fourth-order valence-corrected chi connectivity index (χ4v) is 3.70. The Balaban J connectivity index is 0.000000902. The minimum atomic E-state index is 0. The van der Waals surface area contributed by atoms with Crippen LogP contribution in [-0.2, 0) is 6.42 Å². The zero-order valence-electron chi connectivity index (χ0n) is 11.0. The van der Waals surface area contributed by atoms with E-state index in [0.29, 0.717) is 5.41 Å². The lowest BCUT2D eigenvalue weighted by atomic mass is 9.69. The third-order valence-corrected chi connectivity index (χ3v) is 4.99. The summed E-state index contributed by atoms with van der Waals surface area (Å²) in [5, 5.41) is 4.58. The summed E-state index contributed by atoms with van der Waals surface area (Å²) in [6, 6.07) is 8.33. The first-order valence-electron chi connectivity index (χ1n) is 6.72. The summed E-state index contributed by atoms with van der Waals surface area (Å²) < 4.78 is 0. The van der Waals surface area contributed by atoms with Crippen LogP contribution < -0.4 is 5.32 Å². The molecule has 108 valence electrons. The van der Waals surface area contributed by atoms with Crippen LogP contribution in [0.3, 0.4) is 0 Å². The number of fused-ring (bicyclic) bond motifs is 4. The average Bonchev–Trinajstić information content (AvgIpc) is 2.66. The molecular weight excluding hydrogens is 301 g/mol. The van der Waals surface area contributed by atoms with Crippen LogP contribution in [-0.4, -0.2) is 13.1 Å². The molecule has 2 aliphatic heterocycles. The standard InChI is InChI=1S/C15H20ClN.2ClH/c16-14-4-2-1-3-13(14)9-15-7-5-12(6-8-15)10-17-11-15;;/h1-4,12,17H,5-11H2;2*1H. The largest absolute Gasteiger partial charge is 0.316 e. The van der Waals surface area contributed by atoms with E-state index in [9.17, 15) is 0 Å². The lowest BCUT2D eigenvalue weighted by Gasteiger charge is -2.36. The number of halogens is 3. The Hall–Kier alpha value is 0.0500. The Morgan fingerprint density at radius 1 is 1.16 bits per heavy atom. The first kappa shape index (κ1) is 17.1. The van der Waals surface area contributed by atoms with Crippen LogP contribution in [0, 0.1) is 11.3 Å². The number of benzene rings is 1. The van der Waals surface area contributed by atoms with E-state index in [1.54, 1.807) is 0 Å². The molecule has 1 nitrogen and oxygen atoms in total. The number of nitrogens with one attached hydrogen (secondary N) is 1. The van der Waals surface area contributed by atoms with E-state index in [4.69, 9.17) is 11.6 Å². The maximum Gasteiger partial charge on any atom is 0.0438 e. The fourth-order valence-electron chi connectivity index (χ4n) is 3.50. The summed E-state index contributed by atoms with van der Waals surface area (Å²) in [6.07, 6.45) is 6.69. The highest BCUT2D eigenvalue weighted by Crippen LogP contribution is 2.43. The molecule has 4 heteroatoms. The second-order valence-electron chi connectivity index (χ2n) is 5.84. The zero-order chi connectivity index (χ0) is 11.7. The Morgan fingerprint density at radius 3 is 2.53 bits per heavy atom. The van der Waals surface area contributed by atoms with E-state index < -0.39 is 0 Å². The molecule has 2 heterocycles. The molecule has 2 saturated heterocycles. The normalized spacial score (nSPS) is 29.0. The molecule has 1 N–H and O–H groups in total. The van der Waals surface area contributed by atoms with E-state index in [-0.39, 0.29) is 24.8 Å². The minimum absolute atomic E-state index is 0. The van der Waals surface area contributed by atoms with Gasteiger partial charge >= 0.3 is 0 Å². The molecule has 19 heavy (non-hydrogen) atoms. The highest BCUT2D eigenvalue weighted by molar-refractivity contribution is 6.31. The van der Waals surface area contributed by atoms with Gasteiger partial charge in [-0.2, -0.15) is 0 Å². The van der Waals surface area contributed by atoms with Gasteiger partial charge in [-0.1, -0.05) is 29.8 Å². The maximum absolute atomic E-state index is 6.30. The maximum atomic E-state index is 6.30. The van der Waals surface area contributed by atoms with Crippen molar-refractivity contribution in [3.05, 3.63) is 34.9 Å². The van der Waals surface area contributed by atoms with Crippen LogP contribution in [0.1, 0.15) is 31.2 Å². The van der Waals surface area contributed by atoms with Crippen molar-refractivity contribution in [2.24, 2.45) is 11.3 Å². The molecule has 1 aromatic rings. The van der Waals surface area contributed by atoms with Crippen molar-refractivity contribution in [1.29, 1.82) is 0 Å². The first-order valence-corrected chi connectivity index (χ1v) is 7.09. The van der Waals surface area contributed by atoms with Gasteiger partial charge in [0.25, 0.3) is 0 Å². The smallest absolute Gasteiger partial charge is 0.0438 e. The topological polar surface area (TPSA) is 12.0 Å². The van der Waals surface area contributed by atoms with Gasteiger partial charge < -0.3 is 5.32 Å². The summed E-state index contributed by atoms with van der Waals surface area (Å²) in [6.45, 7) is 2.40. The summed E-state index contributed by atoms with van der Waals surface area (Å²) >= 11 is 6.30. The first-order chi connectivity index (χ1) is 8.27. The van der Waals surface area contributed by atoms with Crippen LogP contribution in [0.25, 0.3) is 0 Å². The Labute approximate surface area is 133 Å². The molecule has 1 aromatic carbocycles. The monoisotopic (exact) mass is 321 g/mol. The third-order valence-electron chi connectivity index (χ3n) is 4.62. The molecule has 0 aromatic heterocycles. The van der Waals surface area contributed by atoms with Crippen LogP contribution >= 0.6 is 36.4 Å². The third kappa shape index (κ3) is 3.78. The minimum Gasteiger partial charge on any atom is -0.316 e. The second kappa shape index (κ2) is 7.17. The van der Waals surface area contributed by atoms with E-state index in [2.05, 4.69) is 17.4 Å². The molecule has 2 bridgehead atoms. The highest BCUT2D eigenvalue weighted by Gasteiger charge is 2.38. The van der Waals surface area contributed by atoms with Crippen LogP contribution in [0.15, 0.2) is 24.3 Å². The van der Waals surface area contributed by atoms with Crippen molar-refractivity contribution in [1.82, 2.24) is 5.32 Å². The van der Waals surface area contributed by atoms with Crippen molar-refractivity contribution in [3.63, 3.8) is 0 Å². The lowest BCUT2D eigenvalue weighted by Crippen LogP contribution is -2.33. The van der Waals surface area contributed by atoms with Gasteiger partial charge in [0.15, 0.2) is 0 Å². The van der Waals surface area contributed by atoms with Gasteiger partial charge in [-0.05, 0) is 61.6 Å². The molecule has 4 rings (SSSR count). The van der Waals surface area contributed by atoms with Gasteiger partial charge in [0.05, 0.1) is 0 Å². The van der Waals surface area contributed by atoms with E-state index in [1.807, 2.05) is 12.1 Å². The number of hydrogen-bond acceptors (Lipinski definition) is 1. The number of rotatable bonds is 2. The summed E-state index contributed by atoms with van der Waals surface area (Å²) in [5.74, 6) is 0.928. The average molecular weight is 323 g/mol.